The summed E-state index contributed by atoms with van der Waals surface area (Å²) in [5, 5.41) is 2.80. The average Bonchev–Trinajstić information content (AvgIpc) is 2.39. The number of hydrazone groups is 1. The van der Waals surface area contributed by atoms with Crippen LogP contribution in [0.3, 0.4) is 0 Å². The highest BCUT2D eigenvalue weighted by molar-refractivity contribution is 9.10. The van der Waals surface area contributed by atoms with Gasteiger partial charge in [-0.2, -0.15) is 35.8 Å². The molecule has 0 bridgehead atoms. The minimum absolute atomic E-state index is 0.0942. The van der Waals surface area contributed by atoms with Crippen LogP contribution in [0, 0.1) is 0 Å². The van der Waals surface area contributed by atoms with Gasteiger partial charge in [0.25, 0.3) is 0 Å². The Morgan fingerprint density at radius 1 is 1.12 bits per heavy atom. The van der Waals surface area contributed by atoms with E-state index in [4.69, 9.17) is 4.74 Å². The van der Waals surface area contributed by atoms with Crippen molar-refractivity contribution in [3.8, 4) is 5.75 Å². The van der Waals surface area contributed by atoms with Crippen molar-refractivity contribution < 1.29 is 35.5 Å². The molecule has 0 saturated heterocycles. The van der Waals surface area contributed by atoms with E-state index in [0.29, 0.717) is 16.1 Å². The van der Waals surface area contributed by atoms with Gasteiger partial charge in [-0.05, 0) is 32.0 Å². The molecular formula is C13H12BrF7N2O. The average molecular weight is 425 g/mol. The molecule has 0 spiro atoms. The lowest BCUT2D eigenvalue weighted by Crippen LogP contribution is -2.58. The Labute approximate surface area is 141 Å². The van der Waals surface area contributed by atoms with Gasteiger partial charge in [-0.15, -0.1) is 0 Å². The van der Waals surface area contributed by atoms with Crippen LogP contribution in [0.1, 0.15) is 19.4 Å². The first kappa shape index (κ1) is 20.5. The molecule has 0 aromatic heterocycles. The second-order valence-corrected chi connectivity index (χ2v) is 5.78. The smallest absolute Gasteiger partial charge is 0.462 e. The number of ether oxygens (including phenoxy) is 1. The van der Waals surface area contributed by atoms with Crippen LogP contribution in [0.25, 0.3) is 0 Å². The molecule has 0 atom stereocenters. The van der Waals surface area contributed by atoms with Crippen molar-refractivity contribution in [1.82, 2.24) is 5.43 Å². The summed E-state index contributed by atoms with van der Waals surface area (Å²) in [4.78, 5) is 0. The monoisotopic (exact) mass is 424 g/mol. The van der Waals surface area contributed by atoms with Gasteiger partial charge >= 0.3 is 18.1 Å². The van der Waals surface area contributed by atoms with Crippen molar-refractivity contribution in [3.05, 3.63) is 28.2 Å². The maximum Gasteiger partial charge on any atom is 0.462 e. The molecule has 1 N–H and O–H groups in total. The lowest BCUT2D eigenvalue weighted by atomic mass is 10.2. The Morgan fingerprint density at radius 2 is 1.71 bits per heavy atom. The van der Waals surface area contributed by atoms with Crippen molar-refractivity contribution >= 4 is 22.1 Å². The Balaban J connectivity index is 3.00. The number of nitrogens with zero attached hydrogens (tertiary/aromatic N) is 1. The molecule has 0 unspecified atom stereocenters. The summed E-state index contributed by atoms with van der Waals surface area (Å²) >= 11 is 3.10. The normalized spacial score (nSPS) is 13.6. The predicted octanol–water partition coefficient (Wildman–Crippen LogP) is 4.95. The summed E-state index contributed by atoms with van der Waals surface area (Å²) in [5.74, 6) is -6.10. The van der Waals surface area contributed by atoms with E-state index >= 15 is 0 Å². The Morgan fingerprint density at radius 3 is 2.21 bits per heavy atom. The molecule has 136 valence electrons. The third kappa shape index (κ3) is 4.74. The first-order valence-corrected chi connectivity index (χ1v) is 7.16. The molecule has 0 aliphatic carbocycles. The molecule has 0 fully saturated rings. The minimum atomic E-state index is -6.43. The Kier molecular flexibility index (Phi) is 6.12. The zero-order chi connectivity index (χ0) is 18.8. The van der Waals surface area contributed by atoms with E-state index in [1.54, 1.807) is 19.9 Å². The summed E-state index contributed by atoms with van der Waals surface area (Å²) in [7, 11) is 0. The van der Waals surface area contributed by atoms with E-state index < -0.39 is 18.1 Å². The molecule has 0 radical (unpaired) electrons. The first-order chi connectivity index (χ1) is 10.8. The summed E-state index contributed by atoms with van der Waals surface area (Å²) in [6, 6.07) is -1.24. The van der Waals surface area contributed by atoms with Crippen LogP contribution >= 0.6 is 15.9 Å². The number of nitrogens with one attached hydrogen (secondary N) is 1. The number of benzene rings is 1. The zero-order valence-electron chi connectivity index (χ0n) is 12.3. The molecule has 0 amide bonds. The van der Waals surface area contributed by atoms with Gasteiger partial charge in [-0.25, -0.2) is 5.43 Å². The van der Waals surface area contributed by atoms with E-state index in [2.05, 4.69) is 21.0 Å². The first-order valence-electron chi connectivity index (χ1n) is 6.36. The van der Waals surface area contributed by atoms with Crippen molar-refractivity contribution in [2.45, 2.75) is 38.1 Å². The van der Waals surface area contributed by atoms with Crippen molar-refractivity contribution in [3.63, 3.8) is 0 Å². The second kappa shape index (κ2) is 7.16. The van der Waals surface area contributed by atoms with Crippen molar-refractivity contribution in [2.75, 3.05) is 0 Å². The van der Waals surface area contributed by atoms with Crippen LogP contribution in [0.2, 0.25) is 0 Å². The lowest BCUT2D eigenvalue weighted by Gasteiger charge is -2.27. The van der Waals surface area contributed by atoms with Gasteiger partial charge in [0.15, 0.2) is 0 Å². The number of rotatable bonds is 6. The largest absolute Gasteiger partial charge is 0.490 e. The van der Waals surface area contributed by atoms with Gasteiger partial charge in [-0.1, -0.05) is 15.9 Å². The van der Waals surface area contributed by atoms with Crippen LogP contribution in [0.5, 0.6) is 5.75 Å². The summed E-state index contributed by atoms with van der Waals surface area (Å²) in [6.07, 6.45) is -6.06. The second-order valence-electron chi connectivity index (χ2n) is 4.87. The number of halogens is 8. The fourth-order valence-corrected chi connectivity index (χ4v) is 1.79. The quantitative estimate of drug-likeness (QED) is 0.303. The van der Waals surface area contributed by atoms with Gasteiger partial charge in [0.05, 0.1) is 12.3 Å². The Hall–Kier alpha value is -1.52. The zero-order valence-corrected chi connectivity index (χ0v) is 13.9. The summed E-state index contributed by atoms with van der Waals surface area (Å²) in [5.41, 5.74) is 0.644. The highest BCUT2D eigenvalue weighted by atomic mass is 79.9. The summed E-state index contributed by atoms with van der Waals surface area (Å²) < 4.78 is 93.3. The van der Waals surface area contributed by atoms with E-state index in [-0.39, 0.29) is 17.4 Å². The van der Waals surface area contributed by atoms with Gasteiger partial charge in [0.1, 0.15) is 5.75 Å². The van der Waals surface area contributed by atoms with E-state index in [1.165, 1.54) is 12.1 Å². The van der Waals surface area contributed by atoms with Gasteiger partial charge in [0.2, 0.25) is 0 Å². The highest BCUT2D eigenvalue weighted by Crippen LogP contribution is 2.45. The molecule has 1 aromatic rings. The maximum atomic E-state index is 13.1. The molecular weight excluding hydrogens is 413 g/mol. The van der Waals surface area contributed by atoms with Crippen LogP contribution < -0.4 is 10.2 Å². The van der Waals surface area contributed by atoms with E-state index in [1.807, 2.05) is 0 Å². The predicted molar refractivity (Wildman–Crippen MR) is 76.6 cm³/mol. The minimum Gasteiger partial charge on any atom is -0.490 e. The molecule has 11 heteroatoms. The molecule has 1 rings (SSSR count). The lowest BCUT2D eigenvalue weighted by molar-refractivity contribution is -0.361. The number of hydrogen-bond donors (Lipinski definition) is 1. The molecule has 3 nitrogen and oxygen atoms in total. The van der Waals surface area contributed by atoms with Gasteiger partial charge in [0, 0.05) is 10.0 Å². The van der Waals surface area contributed by atoms with Gasteiger partial charge < -0.3 is 4.74 Å². The molecule has 0 aliphatic heterocycles. The SMILES string of the molecule is CC(C)Oc1ccc(Br)cc1/C=N\NC(F)(F)C(F)(F)C(F)(F)F. The van der Waals surface area contributed by atoms with Gasteiger partial charge in [-0.3, -0.25) is 0 Å². The van der Waals surface area contributed by atoms with Crippen LogP contribution in [0.15, 0.2) is 27.8 Å². The van der Waals surface area contributed by atoms with Crippen molar-refractivity contribution in [1.29, 1.82) is 0 Å². The maximum absolute atomic E-state index is 13.1. The van der Waals surface area contributed by atoms with E-state index in [0.717, 1.165) is 0 Å². The molecule has 1 aromatic carbocycles. The fourth-order valence-electron chi connectivity index (χ4n) is 1.41. The van der Waals surface area contributed by atoms with Crippen LogP contribution in [-0.2, 0) is 0 Å². The number of alkyl halides is 7. The summed E-state index contributed by atoms with van der Waals surface area (Å²) in [6.45, 7) is 3.36. The topological polar surface area (TPSA) is 33.6 Å². The van der Waals surface area contributed by atoms with Crippen molar-refractivity contribution in [2.24, 2.45) is 5.10 Å². The molecule has 0 saturated carbocycles. The molecule has 0 aliphatic rings. The standard InChI is InChI=1S/C13H12BrF7N2O/c1-7(2)24-10-4-3-9(14)5-8(10)6-22-23-13(20,21)11(15,16)12(17,18)19/h3-7,23H,1-2H3/b22-6-. The number of hydrogen-bond acceptors (Lipinski definition) is 3. The fraction of sp³-hybridized carbons (Fsp3) is 0.462. The van der Waals surface area contributed by atoms with Crippen LogP contribution in [0.4, 0.5) is 30.7 Å². The van der Waals surface area contributed by atoms with Crippen LogP contribution in [-0.4, -0.2) is 30.5 Å². The molecule has 24 heavy (non-hydrogen) atoms. The third-order valence-electron chi connectivity index (χ3n) is 2.49. The molecule has 0 heterocycles. The third-order valence-corrected chi connectivity index (χ3v) is 2.99. The highest BCUT2D eigenvalue weighted by Gasteiger charge is 2.73. The Bertz CT molecular complexity index is 602. The van der Waals surface area contributed by atoms with E-state index in [9.17, 15) is 30.7 Å².